The lowest BCUT2D eigenvalue weighted by molar-refractivity contribution is -0.138. The average Bonchev–Trinajstić information content (AvgIpc) is 2.94. The van der Waals surface area contributed by atoms with Crippen molar-refractivity contribution in [2.45, 2.75) is 51.1 Å². The van der Waals surface area contributed by atoms with Gasteiger partial charge in [0.2, 0.25) is 0 Å². The highest BCUT2D eigenvalue weighted by molar-refractivity contribution is 5.89. The van der Waals surface area contributed by atoms with Gasteiger partial charge in [-0.05, 0) is 88.4 Å². The number of hydrogen-bond acceptors (Lipinski definition) is 6. The molecule has 3 rings (SSSR count). The lowest BCUT2D eigenvalue weighted by Crippen LogP contribution is -2.50. The van der Waals surface area contributed by atoms with Crippen LogP contribution in [0.1, 0.15) is 49.9 Å². The van der Waals surface area contributed by atoms with Gasteiger partial charge in [0.25, 0.3) is 0 Å². The zero-order chi connectivity index (χ0) is 34.9. The number of alkyl halides is 6. The topological polar surface area (TPSA) is 139 Å². The Hall–Kier alpha value is -5.02. The van der Waals surface area contributed by atoms with Gasteiger partial charge < -0.3 is 27.0 Å². The van der Waals surface area contributed by atoms with E-state index < -0.39 is 52.0 Å². The molecule has 0 saturated heterocycles. The number of anilines is 3. The van der Waals surface area contributed by atoms with Gasteiger partial charge in [-0.3, -0.25) is 0 Å². The van der Waals surface area contributed by atoms with Crippen molar-refractivity contribution in [3.8, 4) is 12.1 Å². The number of nitrogens with zero attached hydrogens (tertiary/aromatic N) is 2. The molecule has 0 unspecified atom stereocenters. The molecule has 15 heteroatoms. The summed E-state index contributed by atoms with van der Waals surface area (Å²) >= 11 is 0. The van der Waals surface area contributed by atoms with Crippen LogP contribution < -0.4 is 27.0 Å². The molecule has 3 aromatic carbocycles. The highest BCUT2D eigenvalue weighted by Crippen LogP contribution is 2.34. The Morgan fingerprint density at radius 3 is 1.52 bits per heavy atom. The van der Waals surface area contributed by atoms with Crippen LogP contribution in [0.15, 0.2) is 60.7 Å². The summed E-state index contributed by atoms with van der Waals surface area (Å²) in [5.41, 5.74) is 2.40. The Morgan fingerprint density at radius 2 is 1.13 bits per heavy atom. The second-order valence-corrected chi connectivity index (χ2v) is 11.4. The number of hydrogen-bond donors (Lipinski definition) is 5. The molecule has 0 atom stereocenters. The van der Waals surface area contributed by atoms with Gasteiger partial charge in [-0.2, -0.15) is 36.9 Å². The first-order valence-corrected chi connectivity index (χ1v) is 13.5. The molecule has 0 spiro atoms. The van der Waals surface area contributed by atoms with Gasteiger partial charge >= 0.3 is 18.4 Å². The number of nitrogens with one attached hydrogen (secondary N) is 4. The summed E-state index contributed by atoms with van der Waals surface area (Å²) in [6, 6.07) is 14.5. The highest BCUT2D eigenvalue weighted by atomic mass is 19.4. The van der Waals surface area contributed by atoms with Gasteiger partial charge in [0.15, 0.2) is 0 Å². The van der Waals surface area contributed by atoms with Crippen LogP contribution in [0.25, 0.3) is 0 Å². The van der Waals surface area contributed by atoms with Crippen LogP contribution in [0.5, 0.6) is 0 Å². The molecule has 0 aromatic heterocycles. The molecule has 6 N–H and O–H groups in total. The monoisotopic (exact) mass is 651 g/mol. The van der Waals surface area contributed by atoms with Gasteiger partial charge in [0, 0.05) is 35.7 Å². The first-order valence-electron chi connectivity index (χ1n) is 13.5. The number of benzene rings is 3. The normalized spacial score (nSPS) is 11.7. The molecule has 46 heavy (non-hydrogen) atoms. The molecule has 0 saturated carbocycles. The standard InChI is InChI=1S/C19H18F4N4O.C12H14F3N3/c1-18(2,27-17(28)26-14-7-4-13(20)5-8-14)11-25-15-6-3-12(10-24)16(9-15)19(21,22)23;1-11(2,17)7-18-9-4-3-8(6-16)10(5-9)12(13,14)15/h3-9,25H,11H2,1-2H3,(H2,26,27,28);3-5,18H,7,17H2,1-2H3. The van der Waals surface area contributed by atoms with E-state index in [-0.39, 0.29) is 17.8 Å². The van der Waals surface area contributed by atoms with Crippen molar-refractivity contribution < 1.29 is 35.5 Å². The van der Waals surface area contributed by atoms with E-state index in [1.165, 1.54) is 48.5 Å². The third kappa shape index (κ3) is 12.2. The van der Waals surface area contributed by atoms with Crippen LogP contribution in [-0.2, 0) is 12.4 Å². The summed E-state index contributed by atoms with van der Waals surface area (Å²) in [4.78, 5) is 12.1. The molecule has 0 radical (unpaired) electrons. The number of halogens is 7. The maximum Gasteiger partial charge on any atom is 0.417 e. The van der Waals surface area contributed by atoms with Crippen molar-refractivity contribution in [3.63, 3.8) is 0 Å². The third-order valence-corrected chi connectivity index (χ3v) is 5.93. The minimum absolute atomic E-state index is 0.118. The van der Waals surface area contributed by atoms with Crippen molar-refractivity contribution >= 4 is 23.1 Å². The molecular weight excluding hydrogens is 619 g/mol. The Morgan fingerprint density at radius 1 is 0.717 bits per heavy atom. The first kappa shape index (κ1) is 37.2. The lowest BCUT2D eigenvalue weighted by Gasteiger charge is -2.27. The van der Waals surface area contributed by atoms with Crippen LogP contribution in [0.2, 0.25) is 0 Å². The van der Waals surface area contributed by atoms with Gasteiger partial charge in [0.1, 0.15) is 5.82 Å². The van der Waals surface area contributed by atoms with Crippen LogP contribution in [0.3, 0.4) is 0 Å². The number of carbonyl (C=O) groups is 1. The zero-order valence-electron chi connectivity index (χ0n) is 25.2. The fourth-order valence-corrected chi connectivity index (χ4v) is 3.67. The molecule has 2 amide bonds. The van der Waals surface area contributed by atoms with E-state index in [0.717, 1.165) is 24.3 Å². The fourth-order valence-electron chi connectivity index (χ4n) is 3.67. The molecule has 0 aliphatic heterocycles. The molecule has 0 bridgehead atoms. The van der Waals surface area contributed by atoms with Crippen molar-refractivity contribution in [1.29, 1.82) is 10.5 Å². The average molecular weight is 652 g/mol. The maximum atomic E-state index is 13.0. The van der Waals surface area contributed by atoms with E-state index in [4.69, 9.17) is 16.3 Å². The van der Waals surface area contributed by atoms with Gasteiger partial charge in [-0.25, -0.2) is 9.18 Å². The van der Waals surface area contributed by atoms with Crippen molar-refractivity contribution in [2.75, 3.05) is 29.0 Å². The van der Waals surface area contributed by atoms with Crippen LogP contribution in [0, 0.1) is 28.5 Å². The quantitative estimate of drug-likeness (QED) is 0.160. The van der Waals surface area contributed by atoms with E-state index >= 15 is 0 Å². The summed E-state index contributed by atoms with van der Waals surface area (Å²) in [5, 5.41) is 28.3. The predicted octanol–water partition coefficient (Wildman–Crippen LogP) is 7.45. The van der Waals surface area contributed by atoms with Crippen LogP contribution in [-0.4, -0.2) is 30.2 Å². The minimum Gasteiger partial charge on any atom is -0.383 e. The summed E-state index contributed by atoms with van der Waals surface area (Å²) in [6.45, 7) is 7.32. The highest BCUT2D eigenvalue weighted by Gasteiger charge is 2.35. The second-order valence-electron chi connectivity index (χ2n) is 11.4. The Balaban J connectivity index is 0.000000353. The second kappa shape index (κ2) is 14.8. The van der Waals surface area contributed by atoms with E-state index in [9.17, 15) is 35.5 Å². The summed E-state index contributed by atoms with van der Waals surface area (Å²) < 4.78 is 90.0. The Bertz CT molecular complexity index is 1580. The van der Waals surface area contributed by atoms with Crippen molar-refractivity contribution in [1.82, 2.24) is 5.32 Å². The molecule has 246 valence electrons. The number of urea groups is 1. The smallest absolute Gasteiger partial charge is 0.383 e. The number of amides is 2. The van der Waals surface area contributed by atoms with Crippen LogP contribution in [0.4, 0.5) is 52.6 Å². The SMILES string of the molecule is CC(C)(CNc1ccc(C#N)c(C(F)(F)F)c1)NC(=O)Nc1ccc(F)cc1.CC(C)(N)CNc1ccc(C#N)c(C(F)(F)F)c1. The summed E-state index contributed by atoms with van der Waals surface area (Å²) in [7, 11) is 0. The summed E-state index contributed by atoms with van der Waals surface area (Å²) in [5.74, 6) is -0.434. The molecule has 0 aliphatic rings. The number of rotatable bonds is 8. The molecular formula is C31H32F7N7O. The Labute approximate surface area is 261 Å². The van der Waals surface area contributed by atoms with E-state index in [2.05, 4.69) is 21.3 Å². The molecule has 0 heterocycles. The van der Waals surface area contributed by atoms with E-state index in [0.29, 0.717) is 17.9 Å². The number of nitriles is 2. The molecule has 0 aliphatic carbocycles. The largest absolute Gasteiger partial charge is 0.417 e. The van der Waals surface area contributed by atoms with Gasteiger partial charge in [0.05, 0.1) is 39.9 Å². The maximum absolute atomic E-state index is 13.0. The fraction of sp³-hybridized carbons (Fsp3) is 0.323. The lowest BCUT2D eigenvalue weighted by atomic mass is 10.0. The van der Waals surface area contributed by atoms with Crippen LogP contribution >= 0.6 is 0 Å². The molecule has 3 aromatic rings. The summed E-state index contributed by atoms with van der Waals surface area (Å²) in [6.07, 6.45) is -9.19. The van der Waals surface area contributed by atoms with Crippen molar-refractivity contribution in [2.24, 2.45) is 5.73 Å². The first-order chi connectivity index (χ1) is 21.1. The molecule has 0 fully saturated rings. The third-order valence-electron chi connectivity index (χ3n) is 5.93. The van der Waals surface area contributed by atoms with Crippen molar-refractivity contribution in [3.05, 3.63) is 88.7 Å². The van der Waals surface area contributed by atoms with Gasteiger partial charge in [-0.15, -0.1) is 0 Å². The molecule has 8 nitrogen and oxygen atoms in total. The van der Waals surface area contributed by atoms with E-state index in [1.807, 2.05) is 0 Å². The van der Waals surface area contributed by atoms with Gasteiger partial charge in [-0.1, -0.05) is 0 Å². The number of nitrogens with two attached hydrogens (primary N) is 1. The zero-order valence-corrected chi connectivity index (χ0v) is 25.2. The minimum atomic E-state index is -4.65. The predicted molar refractivity (Wildman–Crippen MR) is 160 cm³/mol. The van der Waals surface area contributed by atoms with E-state index in [1.54, 1.807) is 27.7 Å². The Kier molecular flexibility index (Phi) is 12.0. The number of carbonyl (C=O) groups excluding carboxylic acids is 1.